The Hall–Kier alpha value is -0.730. The van der Waals surface area contributed by atoms with Gasteiger partial charge in [0.1, 0.15) is 5.84 Å². The molecule has 1 fully saturated rings. The third-order valence-corrected chi connectivity index (χ3v) is 1.33. The molecular weight excluding hydrogens is 104 g/mol. The van der Waals surface area contributed by atoms with Gasteiger partial charge in [-0.05, 0) is 12.8 Å². The number of oxime groups is 1. The van der Waals surface area contributed by atoms with Crippen molar-refractivity contribution in [3.63, 3.8) is 0 Å². The summed E-state index contributed by atoms with van der Waals surface area (Å²) in [6, 6.07) is 0. The molecule has 1 saturated carbocycles. The van der Waals surface area contributed by atoms with Gasteiger partial charge in [-0.2, -0.15) is 0 Å². The summed E-state index contributed by atoms with van der Waals surface area (Å²) in [4.78, 5) is 0. The topological polar surface area (TPSA) is 44.6 Å². The Morgan fingerprint density at radius 3 is 2.50 bits per heavy atom. The van der Waals surface area contributed by atoms with E-state index in [-0.39, 0.29) is 0 Å². The molecule has 3 nitrogen and oxygen atoms in total. The molecule has 0 aromatic heterocycles. The van der Waals surface area contributed by atoms with Crippen molar-refractivity contribution in [1.29, 1.82) is 0 Å². The van der Waals surface area contributed by atoms with Crippen LogP contribution in [0.25, 0.3) is 0 Å². The molecule has 3 heteroatoms. The zero-order chi connectivity index (χ0) is 5.98. The van der Waals surface area contributed by atoms with E-state index in [1.54, 1.807) is 7.05 Å². The predicted octanol–water partition coefficient (Wildman–Crippen LogP) is 0.403. The van der Waals surface area contributed by atoms with Crippen molar-refractivity contribution in [3.8, 4) is 0 Å². The van der Waals surface area contributed by atoms with Gasteiger partial charge in [-0.25, -0.2) is 0 Å². The highest BCUT2D eigenvalue weighted by Crippen LogP contribution is 2.29. The van der Waals surface area contributed by atoms with Gasteiger partial charge >= 0.3 is 0 Å². The van der Waals surface area contributed by atoms with Crippen LogP contribution < -0.4 is 5.32 Å². The predicted molar refractivity (Wildman–Crippen MR) is 31.0 cm³/mol. The van der Waals surface area contributed by atoms with Gasteiger partial charge in [0.2, 0.25) is 0 Å². The van der Waals surface area contributed by atoms with Crippen LogP contribution in [0.1, 0.15) is 12.8 Å². The smallest absolute Gasteiger partial charge is 0.144 e. The van der Waals surface area contributed by atoms with E-state index in [0.29, 0.717) is 5.92 Å². The molecule has 0 aromatic rings. The molecule has 0 amide bonds. The summed E-state index contributed by atoms with van der Waals surface area (Å²) in [6.07, 6.45) is 2.33. The van der Waals surface area contributed by atoms with E-state index >= 15 is 0 Å². The molecule has 0 bridgehead atoms. The van der Waals surface area contributed by atoms with Crippen LogP contribution >= 0.6 is 0 Å². The highest BCUT2D eigenvalue weighted by molar-refractivity contribution is 5.85. The molecule has 0 aromatic carbocycles. The fourth-order valence-electron chi connectivity index (χ4n) is 0.693. The summed E-state index contributed by atoms with van der Waals surface area (Å²) in [5.41, 5.74) is 0. The number of hydrogen-bond donors (Lipinski definition) is 2. The fraction of sp³-hybridized carbons (Fsp3) is 0.800. The van der Waals surface area contributed by atoms with E-state index in [9.17, 15) is 0 Å². The second-order valence-corrected chi connectivity index (χ2v) is 2.01. The highest BCUT2D eigenvalue weighted by Gasteiger charge is 2.27. The molecule has 0 unspecified atom stereocenters. The lowest BCUT2D eigenvalue weighted by molar-refractivity contribution is 0.315. The van der Waals surface area contributed by atoms with Crippen molar-refractivity contribution in [2.75, 3.05) is 7.05 Å². The SMILES string of the molecule is CN/C(=N\O)C1CC1. The van der Waals surface area contributed by atoms with Crippen LogP contribution in [-0.2, 0) is 0 Å². The number of hydrogen-bond acceptors (Lipinski definition) is 2. The average molecular weight is 114 g/mol. The minimum atomic E-state index is 0.519. The lowest BCUT2D eigenvalue weighted by Crippen LogP contribution is -2.19. The average Bonchev–Trinajstić information content (AvgIpc) is 2.53. The second-order valence-electron chi connectivity index (χ2n) is 2.01. The third kappa shape index (κ3) is 0.911. The summed E-state index contributed by atoms with van der Waals surface area (Å²) in [6.45, 7) is 0. The van der Waals surface area contributed by atoms with Crippen molar-refractivity contribution in [3.05, 3.63) is 0 Å². The molecule has 1 aliphatic rings. The third-order valence-electron chi connectivity index (χ3n) is 1.33. The number of amidine groups is 1. The van der Waals surface area contributed by atoms with E-state index in [0.717, 1.165) is 5.84 Å². The second kappa shape index (κ2) is 2.03. The maximum atomic E-state index is 8.26. The number of nitrogens with zero attached hydrogens (tertiary/aromatic N) is 1. The minimum absolute atomic E-state index is 0.519. The van der Waals surface area contributed by atoms with Gasteiger partial charge in [0.15, 0.2) is 0 Å². The Labute approximate surface area is 48.4 Å². The van der Waals surface area contributed by atoms with Crippen molar-refractivity contribution in [1.82, 2.24) is 5.32 Å². The van der Waals surface area contributed by atoms with Gasteiger partial charge in [0, 0.05) is 13.0 Å². The van der Waals surface area contributed by atoms with Crippen LogP contribution in [-0.4, -0.2) is 18.1 Å². The first-order chi connectivity index (χ1) is 3.88. The molecule has 0 spiro atoms. The first-order valence-electron chi connectivity index (χ1n) is 2.78. The molecule has 0 radical (unpaired) electrons. The van der Waals surface area contributed by atoms with Crippen molar-refractivity contribution in [2.45, 2.75) is 12.8 Å². The maximum absolute atomic E-state index is 8.26. The quantitative estimate of drug-likeness (QED) is 0.224. The summed E-state index contributed by atoms with van der Waals surface area (Å²) < 4.78 is 0. The van der Waals surface area contributed by atoms with Gasteiger partial charge in [0.05, 0.1) is 0 Å². The van der Waals surface area contributed by atoms with Gasteiger partial charge in [-0.1, -0.05) is 5.16 Å². The summed E-state index contributed by atoms with van der Waals surface area (Å²) in [7, 11) is 1.77. The van der Waals surface area contributed by atoms with E-state index in [1.807, 2.05) is 0 Å². The monoisotopic (exact) mass is 114 g/mol. The lowest BCUT2D eigenvalue weighted by Gasteiger charge is -1.96. The molecule has 2 N–H and O–H groups in total. The normalized spacial score (nSPS) is 20.9. The molecule has 0 aliphatic heterocycles. The van der Waals surface area contributed by atoms with Gasteiger partial charge < -0.3 is 10.5 Å². The molecule has 1 rings (SSSR count). The Kier molecular flexibility index (Phi) is 1.37. The van der Waals surface area contributed by atoms with Crippen LogP contribution in [0.15, 0.2) is 5.16 Å². The zero-order valence-corrected chi connectivity index (χ0v) is 4.89. The molecule has 0 atom stereocenters. The van der Waals surface area contributed by atoms with Crippen molar-refractivity contribution >= 4 is 5.84 Å². The summed E-state index contributed by atoms with van der Waals surface area (Å²) in [5, 5.41) is 14.1. The summed E-state index contributed by atoms with van der Waals surface area (Å²) in [5.74, 6) is 1.25. The van der Waals surface area contributed by atoms with Crippen LogP contribution in [0, 0.1) is 5.92 Å². The molecule has 1 aliphatic carbocycles. The molecule has 0 saturated heterocycles. The maximum Gasteiger partial charge on any atom is 0.144 e. The first kappa shape index (κ1) is 5.41. The van der Waals surface area contributed by atoms with Gasteiger partial charge in [-0.15, -0.1) is 0 Å². The number of rotatable bonds is 1. The first-order valence-corrected chi connectivity index (χ1v) is 2.78. The van der Waals surface area contributed by atoms with E-state index in [4.69, 9.17) is 5.21 Å². The number of nitrogens with one attached hydrogen (secondary N) is 1. The minimum Gasteiger partial charge on any atom is -0.409 e. The molecule has 0 heterocycles. The molecular formula is C5H10N2O. The molecule has 8 heavy (non-hydrogen) atoms. The zero-order valence-electron chi connectivity index (χ0n) is 4.89. The lowest BCUT2D eigenvalue weighted by atomic mass is 10.4. The van der Waals surface area contributed by atoms with Crippen LogP contribution in [0.5, 0.6) is 0 Å². The van der Waals surface area contributed by atoms with E-state index in [1.165, 1.54) is 12.8 Å². The van der Waals surface area contributed by atoms with Gasteiger partial charge in [-0.3, -0.25) is 0 Å². The fourth-order valence-corrected chi connectivity index (χ4v) is 0.693. The van der Waals surface area contributed by atoms with Crippen molar-refractivity contribution < 1.29 is 5.21 Å². The Morgan fingerprint density at radius 1 is 1.75 bits per heavy atom. The van der Waals surface area contributed by atoms with E-state index in [2.05, 4.69) is 10.5 Å². The van der Waals surface area contributed by atoms with Crippen LogP contribution in [0.3, 0.4) is 0 Å². The van der Waals surface area contributed by atoms with Gasteiger partial charge in [0.25, 0.3) is 0 Å². The largest absolute Gasteiger partial charge is 0.409 e. The Bertz CT molecular complexity index is 107. The van der Waals surface area contributed by atoms with E-state index < -0.39 is 0 Å². The molecule has 46 valence electrons. The summed E-state index contributed by atoms with van der Waals surface area (Å²) >= 11 is 0. The highest BCUT2D eigenvalue weighted by atomic mass is 16.4. The van der Waals surface area contributed by atoms with Crippen molar-refractivity contribution in [2.24, 2.45) is 11.1 Å². The Balaban J connectivity index is 2.37. The van der Waals surface area contributed by atoms with Crippen LogP contribution in [0.2, 0.25) is 0 Å². The standard InChI is InChI=1S/C5H10N2O/c1-6-5(7-8)4-2-3-4/h4,8H,2-3H2,1H3,(H,6,7). The Morgan fingerprint density at radius 2 is 2.38 bits per heavy atom. The van der Waals surface area contributed by atoms with Crippen LogP contribution in [0.4, 0.5) is 0 Å².